The van der Waals surface area contributed by atoms with Crippen molar-refractivity contribution in [3.63, 3.8) is 0 Å². The molecule has 0 saturated heterocycles. The van der Waals surface area contributed by atoms with E-state index in [-0.39, 0.29) is 5.60 Å². The van der Waals surface area contributed by atoms with E-state index in [4.69, 9.17) is 10.5 Å². The fourth-order valence-corrected chi connectivity index (χ4v) is 4.89. The van der Waals surface area contributed by atoms with Crippen molar-refractivity contribution in [3.8, 4) is 0 Å². The molecule has 0 radical (unpaired) electrons. The molecule has 1 aromatic heterocycles. The summed E-state index contributed by atoms with van der Waals surface area (Å²) < 4.78 is 6.31. The molecule has 5 rings (SSSR count). The van der Waals surface area contributed by atoms with Crippen LogP contribution in [-0.2, 0) is 11.3 Å². The van der Waals surface area contributed by atoms with E-state index in [1.807, 2.05) is 6.07 Å². The third-order valence-corrected chi connectivity index (χ3v) is 5.17. The van der Waals surface area contributed by atoms with Gasteiger partial charge < -0.3 is 10.5 Å². The first-order valence-corrected chi connectivity index (χ1v) is 7.14. The minimum atomic E-state index is 0.175. The van der Waals surface area contributed by atoms with E-state index in [2.05, 4.69) is 10.2 Å². The molecule has 0 aromatic carbocycles. The highest BCUT2D eigenvalue weighted by atomic mass is 16.5. The average Bonchev–Trinajstić information content (AvgIpc) is 2.71. The fourth-order valence-electron chi connectivity index (χ4n) is 4.89. The molecule has 18 heavy (non-hydrogen) atoms. The van der Waals surface area contributed by atoms with E-state index in [9.17, 15) is 0 Å². The molecule has 98 valence electrons. The highest BCUT2D eigenvalue weighted by Crippen LogP contribution is 2.57. The Morgan fingerprint density at radius 3 is 2.33 bits per heavy atom. The van der Waals surface area contributed by atoms with Crippen LogP contribution in [0.4, 0.5) is 5.82 Å². The summed E-state index contributed by atoms with van der Waals surface area (Å²) in [6.07, 6.45) is 8.21. The van der Waals surface area contributed by atoms with Gasteiger partial charge in [-0.25, -0.2) is 0 Å². The summed E-state index contributed by atoms with van der Waals surface area (Å²) >= 11 is 0. The zero-order valence-corrected chi connectivity index (χ0v) is 10.7. The van der Waals surface area contributed by atoms with Crippen molar-refractivity contribution in [2.45, 2.75) is 50.7 Å². The molecule has 1 aromatic rings. The van der Waals surface area contributed by atoms with Gasteiger partial charge in [0.15, 0.2) is 0 Å². The quantitative estimate of drug-likeness (QED) is 0.862. The van der Waals surface area contributed by atoms with Crippen LogP contribution in [0.1, 0.15) is 44.2 Å². The van der Waals surface area contributed by atoms with E-state index in [1.54, 1.807) is 0 Å². The molecule has 0 spiro atoms. The molecule has 4 bridgehead atoms. The number of hydrogen-bond donors (Lipinski definition) is 2. The van der Waals surface area contributed by atoms with Crippen LogP contribution >= 0.6 is 0 Å². The number of nitrogens with one attached hydrogen (secondary N) is 1. The summed E-state index contributed by atoms with van der Waals surface area (Å²) in [4.78, 5) is 0. The highest BCUT2D eigenvalue weighted by Gasteiger charge is 2.51. The van der Waals surface area contributed by atoms with Crippen molar-refractivity contribution in [1.29, 1.82) is 0 Å². The fraction of sp³-hybridized carbons (Fsp3) is 0.786. The maximum absolute atomic E-state index is 6.31. The number of nitrogens with two attached hydrogens (primary N) is 1. The maximum atomic E-state index is 6.31. The Kier molecular flexibility index (Phi) is 2.25. The zero-order valence-electron chi connectivity index (χ0n) is 10.7. The van der Waals surface area contributed by atoms with Crippen molar-refractivity contribution >= 4 is 5.82 Å². The Morgan fingerprint density at radius 1 is 1.22 bits per heavy atom. The number of rotatable bonds is 3. The van der Waals surface area contributed by atoms with Crippen molar-refractivity contribution in [2.24, 2.45) is 17.8 Å². The highest BCUT2D eigenvalue weighted by molar-refractivity contribution is 5.28. The van der Waals surface area contributed by atoms with E-state index in [0.29, 0.717) is 12.4 Å². The molecule has 4 nitrogen and oxygen atoms in total. The first-order valence-electron chi connectivity index (χ1n) is 7.14. The minimum Gasteiger partial charge on any atom is -0.382 e. The first-order chi connectivity index (χ1) is 8.71. The van der Waals surface area contributed by atoms with Gasteiger partial charge in [-0.3, -0.25) is 5.10 Å². The molecular weight excluding hydrogens is 226 g/mol. The van der Waals surface area contributed by atoms with Gasteiger partial charge in [0, 0.05) is 6.07 Å². The molecule has 0 atom stereocenters. The van der Waals surface area contributed by atoms with Crippen LogP contribution in [0, 0.1) is 17.8 Å². The molecule has 0 amide bonds. The zero-order chi connectivity index (χ0) is 12.2. The lowest BCUT2D eigenvalue weighted by atomic mass is 9.54. The van der Waals surface area contributed by atoms with Gasteiger partial charge in [0.2, 0.25) is 0 Å². The lowest BCUT2D eigenvalue weighted by Gasteiger charge is -2.56. The number of hydrogen-bond acceptors (Lipinski definition) is 3. The van der Waals surface area contributed by atoms with Gasteiger partial charge in [0.1, 0.15) is 5.82 Å². The van der Waals surface area contributed by atoms with E-state index < -0.39 is 0 Å². The summed E-state index contributed by atoms with van der Waals surface area (Å²) in [7, 11) is 0. The Labute approximate surface area is 107 Å². The largest absolute Gasteiger partial charge is 0.382 e. The molecule has 4 heteroatoms. The van der Waals surface area contributed by atoms with Crippen LogP contribution in [0.3, 0.4) is 0 Å². The van der Waals surface area contributed by atoms with Crippen molar-refractivity contribution in [1.82, 2.24) is 10.2 Å². The number of ether oxygens (including phenoxy) is 1. The number of aromatic nitrogens is 2. The molecule has 4 saturated carbocycles. The third-order valence-electron chi connectivity index (χ3n) is 5.17. The Balaban J connectivity index is 1.47. The Bertz CT molecular complexity index is 418. The summed E-state index contributed by atoms with van der Waals surface area (Å²) in [5, 5.41) is 6.89. The lowest BCUT2D eigenvalue weighted by molar-refractivity contribution is -0.169. The van der Waals surface area contributed by atoms with Crippen LogP contribution < -0.4 is 5.73 Å². The van der Waals surface area contributed by atoms with Gasteiger partial charge in [-0.2, -0.15) is 5.10 Å². The van der Waals surface area contributed by atoms with Gasteiger partial charge in [-0.15, -0.1) is 0 Å². The van der Waals surface area contributed by atoms with Gasteiger partial charge in [-0.05, 0) is 56.3 Å². The first kappa shape index (κ1) is 10.9. The van der Waals surface area contributed by atoms with Gasteiger partial charge >= 0.3 is 0 Å². The normalized spacial score (nSPS) is 41.4. The number of anilines is 1. The monoisotopic (exact) mass is 247 g/mol. The second-order valence-corrected chi connectivity index (χ2v) is 6.71. The molecule has 4 aliphatic carbocycles. The third kappa shape index (κ3) is 1.74. The van der Waals surface area contributed by atoms with Crippen LogP contribution in [-0.4, -0.2) is 15.8 Å². The van der Waals surface area contributed by atoms with Gasteiger partial charge in [0.05, 0.1) is 17.9 Å². The summed E-state index contributed by atoms with van der Waals surface area (Å²) in [6, 6.07) is 1.88. The van der Waals surface area contributed by atoms with Crippen molar-refractivity contribution < 1.29 is 4.74 Å². The van der Waals surface area contributed by atoms with E-state index in [0.717, 1.165) is 23.4 Å². The minimum absolute atomic E-state index is 0.175. The van der Waals surface area contributed by atoms with Crippen molar-refractivity contribution in [2.75, 3.05) is 5.73 Å². The Morgan fingerprint density at radius 2 is 1.83 bits per heavy atom. The maximum Gasteiger partial charge on any atom is 0.145 e. The number of H-pyrrole nitrogens is 1. The van der Waals surface area contributed by atoms with Crippen LogP contribution in [0.2, 0.25) is 0 Å². The topological polar surface area (TPSA) is 63.9 Å². The molecule has 4 fully saturated rings. The number of nitrogen functional groups attached to an aromatic ring is 1. The van der Waals surface area contributed by atoms with E-state index in [1.165, 1.54) is 38.5 Å². The second-order valence-electron chi connectivity index (χ2n) is 6.71. The average molecular weight is 247 g/mol. The summed E-state index contributed by atoms with van der Waals surface area (Å²) in [5.74, 6) is 3.35. The van der Waals surface area contributed by atoms with Crippen LogP contribution in [0.25, 0.3) is 0 Å². The standard InChI is InChI=1S/C14H21N3O/c15-13-4-12(16-17-13)8-18-14-5-9-1-10(6-14)3-11(2-9)7-14/h4,9-11H,1-3,5-8H2,(H3,15,16,17). The lowest BCUT2D eigenvalue weighted by Crippen LogP contribution is -2.51. The van der Waals surface area contributed by atoms with Gasteiger partial charge in [-0.1, -0.05) is 0 Å². The summed E-state index contributed by atoms with van der Waals surface area (Å²) in [6.45, 7) is 0.635. The molecule has 0 aliphatic heterocycles. The molecule has 1 heterocycles. The number of aromatic amines is 1. The Hall–Kier alpha value is -1.03. The van der Waals surface area contributed by atoms with Crippen LogP contribution in [0.5, 0.6) is 0 Å². The number of nitrogens with zero attached hydrogens (tertiary/aromatic N) is 1. The molecule has 4 aliphatic rings. The smallest absolute Gasteiger partial charge is 0.145 e. The molecular formula is C14H21N3O. The molecule has 0 unspecified atom stereocenters. The van der Waals surface area contributed by atoms with Gasteiger partial charge in [0.25, 0.3) is 0 Å². The predicted octanol–water partition coefficient (Wildman–Crippen LogP) is 2.48. The van der Waals surface area contributed by atoms with E-state index >= 15 is 0 Å². The predicted molar refractivity (Wildman–Crippen MR) is 68.7 cm³/mol. The molecule has 3 N–H and O–H groups in total. The SMILES string of the molecule is Nc1cc(COC23CC4CC(CC(C4)C2)C3)[nH]n1. The second kappa shape index (κ2) is 3.73. The summed E-state index contributed by atoms with van der Waals surface area (Å²) in [5.41, 5.74) is 6.80. The van der Waals surface area contributed by atoms with Crippen molar-refractivity contribution in [3.05, 3.63) is 11.8 Å². The van der Waals surface area contributed by atoms with Crippen LogP contribution in [0.15, 0.2) is 6.07 Å².